The van der Waals surface area contributed by atoms with Crippen molar-refractivity contribution in [2.45, 2.75) is 25.4 Å². The van der Waals surface area contributed by atoms with Gasteiger partial charge in [0.05, 0.1) is 12.2 Å². The fraction of sp³-hybridized carbons (Fsp3) is 0.545. The van der Waals surface area contributed by atoms with Gasteiger partial charge in [-0.15, -0.1) is 0 Å². The zero-order valence-electron chi connectivity index (χ0n) is 9.93. The van der Waals surface area contributed by atoms with E-state index in [1.807, 2.05) is 0 Å². The van der Waals surface area contributed by atoms with Gasteiger partial charge in [0.25, 0.3) is 5.91 Å². The number of hydrogen-bond acceptors (Lipinski definition) is 5. The summed E-state index contributed by atoms with van der Waals surface area (Å²) in [6.07, 6.45) is 0.703. The van der Waals surface area contributed by atoms with Gasteiger partial charge in [-0.05, 0) is 19.1 Å². The molecule has 1 atom stereocenters. The molecule has 0 aromatic carbocycles. The zero-order chi connectivity index (χ0) is 12.8. The molecule has 2 aliphatic heterocycles. The predicted octanol–water partition coefficient (Wildman–Crippen LogP) is 0.911. The number of urea groups is 1. The number of nitrogens with one attached hydrogen (secondary N) is 1. The van der Waals surface area contributed by atoms with Crippen LogP contribution >= 0.6 is 11.8 Å². The first-order valence-corrected chi connectivity index (χ1v) is 6.90. The molecule has 2 saturated heterocycles. The number of imide groups is 1. The van der Waals surface area contributed by atoms with Gasteiger partial charge in [0.15, 0.2) is 5.76 Å². The van der Waals surface area contributed by atoms with Gasteiger partial charge in [-0.25, -0.2) is 4.79 Å². The molecule has 2 fully saturated rings. The van der Waals surface area contributed by atoms with Gasteiger partial charge in [0.2, 0.25) is 0 Å². The van der Waals surface area contributed by atoms with Crippen LogP contribution in [0.3, 0.4) is 0 Å². The Balaban J connectivity index is 1.80. The molecule has 1 unspecified atom stereocenters. The first-order valence-electron chi connectivity index (χ1n) is 5.75. The highest BCUT2D eigenvalue weighted by molar-refractivity contribution is 7.99. The summed E-state index contributed by atoms with van der Waals surface area (Å²) in [5, 5.41) is 6.56. The summed E-state index contributed by atoms with van der Waals surface area (Å²) in [6, 6.07) is 1.39. The van der Waals surface area contributed by atoms with Crippen molar-refractivity contribution in [3.05, 3.63) is 17.5 Å². The maximum atomic E-state index is 12.3. The molecule has 18 heavy (non-hydrogen) atoms. The maximum Gasteiger partial charge on any atom is 0.325 e. The van der Waals surface area contributed by atoms with E-state index < -0.39 is 5.54 Å². The second-order valence-corrected chi connectivity index (χ2v) is 5.75. The van der Waals surface area contributed by atoms with Gasteiger partial charge in [0, 0.05) is 11.8 Å². The molecular weight excluding hydrogens is 254 g/mol. The Morgan fingerprint density at radius 2 is 2.44 bits per heavy atom. The zero-order valence-corrected chi connectivity index (χ0v) is 10.7. The van der Waals surface area contributed by atoms with Crippen molar-refractivity contribution in [2.24, 2.45) is 0 Å². The Kier molecular flexibility index (Phi) is 2.58. The summed E-state index contributed by atoms with van der Waals surface area (Å²) in [4.78, 5) is 25.4. The molecule has 0 aliphatic carbocycles. The number of carbonyl (C=O) groups excluding carboxylic acids is 2. The number of hydrogen-bond donors (Lipinski definition) is 1. The fourth-order valence-electron chi connectivity index (χ4n) is 2.30. The van der Waals surface area contributed by atoms with Crippen LogP contribution in [0.2, 0.25) is 0 Å². The number of aryl methyl sites for hydroxylation is 1. The molecule has 0 radical (unpaired) electrons. The van der Waals surface area contributed by atoms with E-state index in [0.29, 0.717) is 17.9 Å². The molecule has 3 rings (SSSR count). The van der Waals surface area contributed by atoms with Crippen LogP contribution in [-0.2, 0) is 11.3 Å². The Morgan fingerprint density at radius 3 is 3.06 bits per heavy atom. The lowest BCUT2D eigenvalue weighted by Crippen LogP contribution is -2.46. The summed E-state index contributed by atoms with van der Waals surface area (Å²) in [5.74, 6) is 1.94. The lowest BCUT2D eigenvalue weighted by atomic mass is 9.99. The standard InChI is InChI=1S/C11H13N3O3S/c1-7-4-8(17-13-7)5-14-9(15)11(12-10(14)16)2-3-18-6-11/h4H,2-3,5-6H2,1H3,(H,12,16). The molecule has 1 aromatic rings. The van der Waals surface area contributed by atoms with Crippen molar-refractivity contribution in [1.82, 2.24) is 15.4 Å². The van der Waals surface area contributed by atoms with Crippen molar-refractivity contribution in [1.29, 1.82) is 0 Å². The topological polar surface area (TPSA) is 75.4 Å². The highest BCUT2D eigenvalue weighted by Gasteiger charge is 2.52. The van der Waals surface area contributed by atoms with E-state index in [1.165, 1.54) is 4.90 Å². The summed E-state index contributed by atoms with van der Waals surface area (Å²) in [5.41, 5.74) is 0.0553. The van der Waals surface area contributed by atoms with E-state index in [1.54, 1.807) is 24.8 Å². The van der Waals surface area contributed by atoms with Crippen LogP contribution in [0.1, 0.15) is 17.9 Å². The molecule has 0 saturated carbocycles. The number of thioether (sulfide) groups is 1. The van der Waals surface area contributed by atoms with Gasteiger partial charge in [-0.1, -0.05) is 5.16 Å². The first kappa shape index (κ1) is 11.6. The summed E-state index contributed by atoms with van der Waals surface area (Å²) in [7, 11) is 0. The molecule has 1 N–H and O–H groups in total. The lowest BCUT2D eigenvalue weighted by molar-refractivity contribution is -0.131. The molecule has 1 aromatic heterocycles. The van der Waals surface area contributed by atoms with Crippen LogP contribution in [0.15, 0.2) is 10.6 Å². The number of aromatic nitrogens is 1. The van der Waals surface area contributed by atoms with E-state index in [0.717, 1.165) is 11.4 Å². The minimum absolute atomic E-state index is 0.147. The molecule has 3 heterocycles. The van der Waals surface area contributed by atoms with Crippen molar-refractivity contribution in [2.75, 3.05) is 11.5 Å². The van der Waals surface area contributed by atoms with Crippen LogP contribution in [0, 0.1) is 6.92 Å². The second kappa shape index (κ2) is 4.01. The third kappa shape index (κ3) is 1.69. The van der Waals surface area contributed by atoms with E-state index in [-0.39, 0.29) is 18.5 Å². The van der Waals surface area contributed by atoms with Crippen molar-refractivity contribution in [3.63, 3.8) is 0 Å². The molecule has 6 nitrogen and oxygen atoms in total. The molecule has 96 valence electrons. The Morgan fingerprint density at radius 1 is 1.61 bits per heavy atom. The van der Waals surface area contributed by atoms with E-state index >= 15 is 0 Å². The molecular formula is C11H13N3O3S. The third-order valence-electron chi connectivity index (χ3n) is 3.26. The van der Waals surface area contributed by atoms with E-state index in [9.17, 15) is 9.59 Å². The highest BCUT2D eigenvalue weighted by atomic mass is 32.2. The number of rotatable bonds is 2. The normalized spacial score (nSPS) is 27.3. The summed E-state index contributed by atoms with van der Waals surface area (Å²) >= 11 is 1.69. The molecule has 1 spiro atoms. The quantitative estimate of drug-likeness (QED) is 0.806. The maximum absolute atomic E-state index is 12.3. The van der Waals surface area contributed by atoms with Crippen LogP contribution in [0.4, 0.5) is 4.79 Å². The Hall–Kier alpha value is -1.50. The van der Waals surface area contributed by atoms with Gasteiger partial charge in [0.1, 0.15) is 5.54 Å². The summed E-state index contributed by atoms with van der Waals surface area (Å²) in [6.45, 7) is 1.95. The smallest absolute Gasteiger partial charge is 0.325 e. The number of nitrogens with zero attached hydrogens (tertiary/aromatic N) is 2. The molecule has 2 aliphatic rings. The van der Waals surface area contributed by atoms with Gasteiger partial charge >= 0.3 is 6.03 Å². The fourth-order valence-corrected chi connectivity index (χ4v) is 3.62. The average Bonchev–Trinajstić information content (AvgIpc) is 2.99. The Bertz CT molecular complexity index is 507. The minimum Gasteiger partial charge on any atom is -0.359 e. The second-order valence-electron chi connectivity index (χ2n) is 4.64. The van der Waals surface area contributed by atoms with Crippen LogP contribution < -0.4 is 5.32 Å². The number of carbonyl (C=O) groups is 2. The number of amides is 3. The van der Waals surface area contributed by atoms with E-state index in [4.69, 9.17) is 4.52 Å². The largest absolute Gasteiger partial charge is 0.359 e. The van der Waals surface area contributed by atoms with Crippen molar-refractivity contribution < 1.29 is 14.1 Å². The summed E-state index contributed by atoms with van der Waals surface area (Å²) < 4.78 is 5.04. The lowest BCUT2D eigenvalue weighted by Gasteiger charge is -2.18. The Labute approximate surface area is 108 Å². The minimum atomic E-state index is -0.684. The van der Waals surface area contributed by atoms with Gasteiger partial charge < -0.3 is 9.84 Å². The highest BCUT2D eigenvalue weighted by Crippen LogP contribution is 2.33. The van der Waals surface area contributed by atoms with Crippen molar-refractivity contribution in [3.8, 4) is 0 Å². The van der Waals surface area contributed by atoms with Crippen LogP contribution in [0.5, 0.6) is 0 Å². The molecule has 7 heteroatoms. The molecule has 3 amide bonds. The van der Waals surface area contributed by atoms with Crippen LogP contribution in [-0.4, -0.2) is 39.0 Å². The van der Waals surface area contributed by atoms with E-state index in [2.05, 4.69) is 10.5 Å². The first-order chi connectivity index (χ1) is 8.61. The van der Waals surface area contributed by atoms with Gasteiger partial charge in [-0.2, -0.15) is 11.8 Å². The predicted molar refractivity (Wildman–Crippen MR) is 65.0 cm³/mol. The van der Waals surface area contributed by atoms with Gasteiger partial charge in [-0.3, -0.25) is 9.69 Å². The van der Waals surface area contributed by atoms with Crippen molar-refractivity contribution >= 4 is 23.7 Å². The van der Waals surface area contributed by atoms with Crippen LogP contribution in [0.25, 0.3) is 0 Å². The monoisotopic (exact) mass is 267 g/mol. The SMILES string of the molecule is Cc1cc(CN2C(=O)NC3(CCSC3)C2=O)on1. The third-order valence-corrected chi connectivity index (χ3v) is 4.45. The molecule has 0 bridgehead atoms. The average molecular weight is 267 g/mol.